The quantitative estimate of drug-likeness (QED) is 0.902. The molecule has 2 aromatic rings. The van der Waals surface area contributed by atoms with Crippen LogP contribution in [0.4, 0.5) is 0 Å². The van der Waals surface area contributed by atoms with Crippen LogP contribution in [0.15, 0.2) is 30.5 Å². The van der Waals surface area contributed by atoms with Crippen LogP contribution >= 0.6 is 0 Å². The molecule has 2 unspecified atom stereocenters. The highest BCUT2D eigenvalue weighted by Crippen LogP contribution is 2.35. The number of nitrogens with zero attached hydrogens (tertiary/aromatic N) is 2. The van der Waals surface area contributed by atoms with E-state index in [1.165, 1.54) is 11.1 Å². The molecule has 22 heavy (non-hydrogen) atoms. The predicted octanol–water partition coefficient (Wildman–Crippen LogP) is 1.73. The van der Waals surface area contributed by atoms with Crippen LogP contribution in [-0.2, 0) is 17.8 Å². The van der Waals surface area contributed by atoms with E-state index in [9.17, 15) is 4.79 Å². The van der Waals surface area contributed by atoms with E-state index >= 15 is 0 Å². The molecule has 1 amide bonds. The maximum absolute atomic E-state index is 12.6. The summed E-state index contributed by atoms with van der Waals surface area (Å²) in [6, 6.07) is 7.81. The number of aromatic amines is 1. The molecule has 0 saturated heterocycles. The van der Waals surface area contributed by atoms with Crippen LogP contribution in [0.2, 0.25) is 0 Å². The Morgan fingerprint density at radius 1 is 1.50 bits per heavy atom. The maximum atomic E-state index is 12.6. The third kappa shape index (κ3) is 2.64. The number of benzene rings is 1. The van der Waals surface area contributed by atoms with Gasteiger partial charge in [-0.1, -0.05) is 24.3 Å². The summed E-state index contributed by atoms with van der Waals surface area (Å²) in [5.74, 6) is 0.110. The van der Waals surface area contributed by atoms with Crippen LogP contribution in [0.1, 0.15) is 34.7 Å². The lowest BCUT2D eigenvalue weighted by molar-refractivity contribution is -0.132. The number of aromatic nitrogens is 2. The minimum absolute atomic E-state index is 0.0118. The summed E-state index contributed by atoms with van der Waals surface area (Å²) in [7, 11) is 1.80. The number of H-pyrrole nitrogens is 1. The first-order valence-electron chi connectivity index (χ1n) is 7.65. The molecule has 0 radical (unpaired) electrons. The van der Waals surface area contributed by atoms with E-state index in [2.05, 4.69) is 22.3 Å². The van der Waals surface area contributed by atoms with Gasteiger partial charge in [-0.2, -0.15) is 5.10 Å². The molecule has 0 spiro atoms. The molecule has 5 heteroatoms. The van der Waals surface area contributed by atoms with E-state index < -0.39 is 6.04 Å². The second-order valence-electron chi connectivity index (χ2n) is 6.08. The number of hydrogen-bond donors (Lipinski definition) is 2. The standard InChI is InChI=1S/C17H22N4O/c1-11-13(9-19-20-11)10-21(2)17(22)16(18)15-8-7-12-5-3-4-6-14(12)15/h3-6,9,15-16H,7-8,10,18H2,1-2H3,(H,19,20). The van der Waals surface area contributed by atoms with Crippen molar-refractivity contribution in [3.8, 4) is 0 Å². The molecule has 1 aromatic heterocycles. The number of nitrogens with one attached hydrogen (secondary N) is 1. The molecule has 0 saturated carbocycles. The van der Waals surface area contributed by atoms with Crippen molar-refractivity contribution in [2.45, 2.75) is 38.3 Å². The van der Waals surface area contributed by atoms with Gasteiger partial charge in [0.05, 0.1) is 12.2 Å². The van der Waals surface area contributed by atoms with Gasteiger partial charge < -0.3 is 10.6 Å². The van der Waals surface area contributed by atoms with Crippen LogP contribution in [0.5, 0.6) is 0 Å². The zero-order chi connectivity index (χ0) is 15.7. The van der Waals surface area contributed by atoms with Crippen molar-refractivity contribution in [1.29, 1.82) is 0 Å². The van der Waals surface area contributed by atoms with Crippen molar-refractivity contribution in [3.63, 3.8) is 0 Å². The molecule has 0 aliphatic heterocycles. The Balaban J connectivity index is 1.71. The van der Waals surface area contributed by atoms with Crippen molar-refractivity contribution in [1.82, 2.24) is 15.1 Å². The Labute approximate surface area is 130 Å². The summed E-state index contributed by atoms with van der Waals surface area (Å²) >= 11 is 0. The van der Waals surface area contributed by atoms with Crippen LogP contribution in [0.25, 0.3) is 0 Å². The van der Waals surface area contributed by atoms with E-state index in [4.69, 9.17) is 5.73 Å². The molecule has 1 aliphatic rings. The fourth-order valence-corrected chi connectivity index (χ4v) is 3.26. The Morgan fingerprint density at radius 3 is 3.00 bits per heavy atom. The Hall–Kier alpha value is -2.14. The molecule has 2 atom stereocenters. The Bertz CT molecular complexity index is 679. The first-order chi connectivity index (χ1) is 10.6. The summed E-state index contributed by atoms with van der Waals surface area (Å²) in [6.45, 7) is 2.48. The molecule has 116 valence electrons. The van der Waals surface area contributed by atoms with Gasteiger partial charge in [0.1, 0.15) is 0 Å². The van der Waals surface area contributed by atoms with Crippen molar-refractivity contribution in [2.24, 2.45) is 5.73 Å². The SMILES string of the molecule is Cc1[nH]ncc1CN(C)C(=O)C(N)C1CCc2ccccc21. The number of hydrogen-bond acceptors (Lipinski definition) is 3. The van der Waals surface area contributed by atoms with Gasteiger partial charge >= 0.3 is 0 Å². The van der Waals surface area contributed by atoms with E-state index in [0.717, 1.165) is 24.1 Å². The zero-order valence-corrected chi connectivity index (χ0v) is 13.0. The first kappa shape index (κ1) is 14.8. The molecular formula is C17H22N4O. The highest BCUT2D eigenvalue weighted by molar-refractivity contribution is 5.82. The highest BCUT2D eigenvalue weighted by atomic mass is 16.2. The predicted molar refractivity (Wildman–Crippen MR) is 85.3 cm³/mol. The van der Waals surface area contributed by atoms with Gasteiger partial charge in [-0.3, -0.25) is 9.89 Å². The number of amides is 1. The monoisotopic (exact) mass is 298 g/mol. The number of fused-ring (bicyclic) bond motifs is 1. The third-order valence-corrected chi connectivity index (χ3v) is 4.62. The largest absolute Gasteiger partial charge is 0.340 e. The van der Waals surface area contributed by atoms with Gasteiger partial charge in [-0.15, -0.1) is 0 Å². The van der Waals surface area contributed by atoms with E-state index in [1.54, 1.807) is 18.1 Å². The lowest BCUT2D eigenvalue weighted by atomic mass is 9.93. The smallest absolute Gasteiger partial charge is 0.240 e. The van der Waals surface area contributed by atoms with Gasteiger partial charge in [0.25, 0.3) is 0 Å². The lowest BCUT2D eigenvalue weighted by Crippen LogP contribution is -2.44. The Morgan fingerprint density at radius 2 is 2.27 bits per heavy atom. The fourth-order valence-electron chi connectivity index (χ4n) is 3.26. The molecule has 5 nitrogen and oxygen atoms in total. The van der Waals surface area contributed by atoms with E-state index in [0.29, 0.717) is 6.54 Å². The second-order valence-corrected chi connectivity index (χ2v) is 6.08. The molecule has 3 rings (SSSR count). The van der Waals surface area contributed by atoms with Crippen LogP contribution in [0.3, 0.4) is 0 Å². The molecule has 3 N–H and O–H groups in total. The lowest BCUT2D eigenvalue weighted by Gasteiger charge is -2.25. The number of likely N-dealkylation sites (N-methyl/N-ethyl adjacent to an activating group) is 1. The van der Waals surface area contributed by atoms with Gasteiger partial charge in [0, 0.05) is 30.8 Å². The van der Waals surface area contributed by atoms with Crippen molar-refractivity contribution in [2.75, 3.05) is 7.05 Å². The minimum atomic E-state index is -0.485. The first-order valence-corrected chi connectivity index (χ1v) is 7.65. The molecule has 0 fully saturated rings. The average molecular weight is 298 g/mol. The highest BCUT2D eigenvalue weighted by Gasteiger charge is 2.33. The number of nitrogens with two attached hydrogens (primary N) is 1. The van der Waals surface area contributed by atoms with Gasteiger partial charge in [0.2, 0.25) is 5.91 Å². The van der Waals surface area contributed by atoms with E-state index in [-0.39, 0.29) is 11.8 Å². The van der Waals surface area contributed by atoms with Gasteiger partial charge in [-0.05, 0) is 30.9 Å². The van der Waals surface area contributed by atoms with Crippen molar-refractivity contribution >= 4 is 5.91 Å². The number of aryl methyl sites for hydroxylation is 2. The maximum Gasteiger partial charge on any atom is 0.240 e. The van der Waals surface area contributed by atoms with E-state index in [1.807, 2.05) is 19.1 Å². The zero-order valence-electron chi connectivity index (χ0n) is 13.0. The second kappa shape index (κ2) is 5.93. The summed E-state index contributed by atoms with van der Waals surface area (Å²) in [5.41, 5.74) is 10.9. The summed E-state index contributed by atoms with van der Waals surface area (Å²) in [5, 5.41) is 6.88. The summed E-state index contributed by atoms with van der Waals surface area (Å²) < 4.78 is 0. The van der Waals surface area contributed by atoms with Crippen molar-refractivity contribution in [3.05, 3.63) is 52.8 Å². The van der Waals surface area contributed by atoms with Gasteiger partial charge in [-0.25, -0.2) is 0 Å². The normalized spacial score (nSPS) is 18.0. The fraction of sp³-hybridized carbons (Fsp3) is 0.412. The van der Waals surface area contributed by atoms with Crippen LogP contribution in [-0.4, -0.2) is 34.1 Å². The number of carbonyl (C=O) groups is 1. The van der Waals surface area contributed by atoms with Crippen LogP contribution in [0, 0.1) is 6.92 Å². The number of rotatable bonds is 4. The van der Waals surface area contributed by atoms with Crippen molar-refractivity contribution < 1.29 is 4.79 Å². The Kier molecular flexibility index (Phi) is 3.98. The molecule has 1 aromatic carbocycles. The average Bonchev–Trinajstić information content (AvgIpc) is 3.12. The van der Waals surface area contributed by atoms with Gasteiger partial charge in [0.15, 0.2) is 0 Å². The molecular weight excluding hydrogens is 276 g/mol. The third-order valence-electron chi connectivity index (χ3n) is 4.62. The van der Waals surface area contributed by atoms with Crippen LogP contribution < -0.4 is 5.73 Å². The molecule has 1 aliphatic carbocycles. The topological polar surface area (TPSA) is 75.0 Å². The number of carbonyl (C=O) groups excluding carboxylic acids is 1. The molecule has 0 bridgehead atoms. The minimum Gasteiger partial charge on any atom is -0.340 e. The summed E-state index contributed by atoms with van der Waals surface area (Å²) in [4.78, 5) is 14.3. The summed E-state index contributed by atoms with van der Waals surface area (Å²) in [6.07, 6.45) is 3.71. The molecule has 1 heterocycles.